The summed E-state index contributed by atoms with van der Waals surface area (Å²) in [4.78, 5) is 13.6. The molecular formula is C17H18N2O2. The molecule has 0 saturated carbocycles. The monoisotopic (exact) mass is 282 g/mol. The number of nitriles is 1. The number of carbonyl (C=O) groups excluding carboxylic acids is 1. The van der Waals surface area contributed by atoms with E-state index in [1.54, 1.807) is 0 Å². The van der Waals surface area contributed by atoms with Gasteiger partial charge in [-0.25, -0.2) is 0 Å². The summed E-state index contributed by atoms with van der Waals surface area (Å²) in [7, 11) is 0. The van der Waals surface area contributed by atoms with Gasteiger partial charge in [-0.15, -0.1) is 0 Å². The molecule has 4 heteroatoms. The molecule has 1 aromatic carbocycles. The molecule has 2 aliphatic heterocycles. The van der Waals surface area contributed by atoms with Gasteiger partial charge in [0.25, 0.3) is 0 Å². The number of benzene rings is 1. The Morgan fingerprint density at radius 2 is 2.19 bits per heavy atom. The predicted octanol–water partition coefficient (Wildman–Crippen LogP) is 2.70. The van der Waals surface area contributed by atoms with E-state index < -0.39 is 0 Å². The number of hydrogen-bond donors (Lipinski definition) is 0. The van der Waals surface area contributed by atoms with Gasteiger partial charge >= 0.3 is 5.97 Å². The fourth-order valence-electron chi connectivity index (χ4n) is 3.34. The zero-order chi connectivity index (χ0) is 14.9. The van der Waals surface area contributed by atoms with Crippen molar-refractivity contribution in [1.82, 2.24) is 4.90 Å². The van der Waals surface area contributed by atoms with Crippen molar-refractivity contribution >= 4 is 12.0 Å². The lowest BCUT2D eigenvalue weighted by Gasteiger charge is -2.33. The average Bonchev–Trinajstić information content (AvgIpc) is 2.69. The summed E-state index contributed by atoms with van der Waals surface area (Å²) in [5.74, 6) is -0.198. The van der Waals surface area contributed by atoms with Crippen LogP contribution in [0.2, 0.25) is 0 Å². The molecule has 2 bridgehead atoms. The number of esters is 1. The van der Waals surface area contributed by atoms with Gasteiger partial charge in [0.05, 0.1) is 18.2 Å². The topological polar surface area (TPSA) is 53.3 Å². The smallest absolute Gasteiger partial charge is 0.303 e. The van der Waals surface area contributed by atoms with Crippen LogP contribution in [-0.4, -0.2) is 29.6 Å². The third kappa shape index (κ3) is 2.78. The van der Waals surface area contributed by atoms with Crippen LogP contribution in [0.25, 0.3) is 6.08 Å². The first-order valence-electron chi connectivity index (χ1n) is 7.25. The highest BCUT2D eigenvalue weighted by Crippen LogP contribution is 2.41. The molecule has 4 nitrogen and oxygen atoms in total. The molecule has 2 fully saturated rings. The van der Waals surface area contributed by atoms with E-state index in [0.29, 0.717) is 5.56 Å². The Labute approximate surface area is 124 Å². The second-order valence-corrected chi connectivity index (χ2v) is 5.85. The number of piperidine rings is 1. The predicted molar refractivity (Wildman–Crippen MR) is 79.1 cm³/mol. The van der Waals surface area contributed by atoms with E-state index in [0.717, 1.165) is 37.9 Å². The highest BCUT2D eigenvalue weighted by molar-refractivity contribution is 5.67. The van der Waals surface area contributed by atoms with Crippen LogP contribution in [0.15, 0.2) is 30.0 Å². The van der Waals surface area contributed by atoms with Crippen LogP contribution in [0.1, 0.15) is 37.3 Å². The Balaban J connectivity index is 1.84. The van der Waals surface area contributed by atoms with Gasteiger partial charge in [0.15, 0.2) is 0 Å². The van der Waals surface area contributed by atoms with Gasteiger partial charge in [-0.3, -0.25) is 4.79 Å². The molecule has 1 atom stereocenters. The van der Waals surface area contributed by atoms with Crippen LogP contribution in [0.4, 0.5) is 0 Å². The minimum atomic E-state index is -0.331. The number of carbonyl (C=O) groups is 1. The van der Waals surface area contributed by atoms with E-state index in [1.165, 1.54) is 12.6 Å². The van der Waals surface area contributed by atoms with Crippen molar-refractivity contribution in [1.29, 1.82) is 5.26 Å². The van der Waals surface area contributed by atoms with Gasteiger partial charge in [-0.2, -0.15) is 5.26 Å². The van der Waals surface area contributed by atoms with Gasteiger partial charge in [0.2, 0.25) is 0 Å². The van der Waals surface area contributed by atoms with Crippen molar-refractivity contribution in [2.24, 2.45) is 0 Å². The second kappa shape index (κ2) is 5.25. The minimum Gasteiger partial charge on any atom is -0.457 e. The summed E-state index contributed by atoms with van der Waals surface area (Å²) in [6.07, 6.45) is 4.91. The van der Waals surface area contributed by atoms with Crippen LogP contribution in [0.5, 0.6) is 0 Å². The first-order chi connectivity index (χ1) is 10.1. The molecule has 108 valence electrons. The SMILES string of the molecule is CC(=O)OC12CCCN(C1)/C(=C/c1ccc(C#N)cc1)C2. The molecule has 3 rings (SSSR count). The highest BCUT2D eigenvalue weighted by atomic mass is 16.6. The highest BCUT2D eigenvalue weighted by Gasteiger charge is 2.45. The average molecular weight is 282 g/mol. The van der Waals surface area contributed by atoms with Crippen molar-refractivity contribution in [3.8, 4) is 6.07 Å². The number of ether oxygens (including phenoxy) is 1. The summed E-state index contributed by atoms with van der Waals surface area (Å²) in [5, 5.41) is 8.83. The van der Waals surface area contributed by atoms with E-state index in [-0.39, 0.29) is 11.6 Å². The quantitative estimate of drug-likeness (QED) is 0.783. The molecule has 21 heavy (non-hydrogen) atoms. The number of nitrogens with zero attached hydrogens (tertiary/aromatic N) is 2. The van der Waals surface area contributed by atoms with Crippen LogP contribution in [0, 0.1) is 11.3 Å². The van der Waals surface area contributed by atoms with Crippen molar-refractivity contribution < 1.29 is 9.53 Å². The molecular weight excluding hydrogens is 264 g/mol. The largest absolute Gasteiger partial charge is 0.457 e. The summed E-state index contributed by atoms with van der Waals surface area (Å²) in [5.41, 5.74) is 2.63. The van der Waals surface area contributed by atoms with Crippen LogP contribution < -0.4 is 0 Å². The molecule has 0 radical (unpaired) electrons. The Kier molecular flexibility index (Phi) is 3.42. The van der Waals surface area contributed by atoms with Gasteiger partial charge in [-0.1, -0.05) is 12.1 Å². The standard InChI is InChI=1S/C17H18N2O2/c1-13(20)21-17-7-2-8-19(12-17)16(10-17)9-14-3-5-15(11-18)6-4-14/h3-6,9H,2,7-8,10,12H2,1H3/b16-9+. The van der Waals surface area contributed by atoms with Crippen molar-refractivity contribution in [3.05, 3.63) is 41.1 Å². The molecule has 1 aromatic rings. The van der Waals surface area contributed by atoms with Crippen LogP contribution >= 0.6 is 0 Å². The normalized spacial score (nSPS) is 25.7. The summed E-state index contributed by atoms with van der Waals surface area (Å²) in [6.45, 7) is 3.30. The summed E-state index contributed by atoms with van der Waals surface area (Å²) >= 11 is 0. The molecule has 2 heterocycles. The third-order valence-corrected chi connectivity index (χ3v) is 4.18. The van der Waals surface area contributed by atoms with E-state index in [1.807, 2.05) is 24.3 Å². The number of fused-ring (bicyclic) bond motifs is 2. The Bertz CT molecular complexity index is 627. The molecule has 0 N–H and O–H groups in total. The van der Waals surface area contributed by atoms with Crippen molar-refractivity contribution in [2.45, 2.75) is 31.8 Å². The Morgan fingerprint density at radius 3 is 2.86 bits per heavy atom. The van der Waals surface area contributed by atoms with Crippen LogP contribution in [-0.2, 0) is 9.53 Å². The van der Waals surface area contributed by atoms with Gasteiger partial charge in [-0.05, 0) is 36.6 Å². The molecule has 2 aliphatic rings. The Morgan fingerprint density at radius 1 is 1.43 bits per heavy atom. The van der Waals surface area contributed by atoms with Crippen molar-refractivity contribution in [2.75, 3.05) is 13.1 Å². The molecule has 0 amide bonds. The molecule has 0 aromatic heterocycles. The van der Waals surface area contributed by atoms with Crippen molar-refractivity contribution in [3.63, 3.8) is 0 Å². The minimum absolute atomic E-state index is 0.198. The zero-order valence-corrected chi connectivity index (χ0v) is 12.1. The first kappa shape index (κ1) is 13.7. The maximum Gasteiger partial charge on any atom is 0.303 e. The Hall–Kier alpha value is -2.28. The van der Waals surface area contributed by atoms with Gasteiger partial charge in [0.1, 0.15) is 5.60 Å². The summed E-state index contributed by atoms with van der Waals surface area (Å²) in [6, 6.07) is 9.68. The third-order valence-electron chi connectivity index (χ3n) is 4.18. The maximum atomic E-state index is 11.3. The second-order valence-electron chi connectivity index (χ2n) is 5.85. The lowest BCUT2D eigenvalue weighted by Crippen LogP contribution is -2.42. The van der Waals surface area contributed by atoms with E-state index in [9.17, 15) is 4.79 Å². The van der Waals surface area contributed by atoms with E-state index in [4.69, 9.17) is 10.00 Å². The number of hydrogen-bond acceptors (Lipinski definition) is 4. The molecule has 1 unspecified atom stereocenters. The fraction of sp³-hybridized carbons (Fsp3) is 0.412. The van der Waals surface area contributed by atoms with E-state index >= 15 is 0 Å². The summed E-state index contributed by atoms with van der Waals surface area (Å²) < 4.78 is 5.61. The maximum absolute atomic E-state index is 11.3. The van der Waals surface area contributed by atoms with Gasteiger partial charge < -0.3 is 9.64 Å². The first-order valence-corrected chi connectivity index (χ1v) is 7.25. The van der Waals surface area contributed by atoms with Crippen LogP contribution in [0.3, 0.4) is 0 Å². The lowest BCUT2D eigenvalue weighted by atomic mass is 9.94. The fourth-order valence-corrected chi connectivity index (χ4v) is 3.34. The zero-order valence-electron chi connectivity index (χ0n) is 12.1. The van der Waals surface area contributed by atoms with E-state index in [2.05, 4.69) is 17.0 Å². The molecule has 0 aliphatic carbocycles. The molecule has 2 saturated heterocycles. The lowest BCUT2D eigenvalue weighted by molar-refractivity contribution is -0.157. The number of rotatable bonds is 2. The molecule has 0 spiro atoms. The van der Waals surface area contributed by atoms with Gasteiger partial charge in [0, 0.05) is 25.6 Å².